The van der Waals surface area contributed by atoms with Crippen molar-refractivity contribution in [3.8, 4) is 0 Å². The molecule has 0 N–H and O–H groups in total. The summed E-state index contributed by atoms with van der Waals surface area (Å²) in [5.74, 6) is -0.464. The summed E-state index contributed by atoms with van der Waals surface area (Å²) in [4.78, 5) is 20.1. The van der Waals surface area contributed by atoms with Crippen molar-refractivity contribution in [3.63, 3.8) is 0 Å². The van der Waals surface area contributed by atoms with Crippen molar-refractivity contribution < 1.29 is 4.79 Å². The number of amidine groups is 1. The molecule has 68 valence electrons. The number of hydrogen-bond acceptors (Lipinski definition) is 3. The van der Waals surface area contributed by atoms with Gasteiger partial charge in [0.15, 0.2) is 0 Å². The molecule has 2 aliphatic heterocycles. The quantitative estimate of drug-likeness (QED) is 0.628. The predicted octanol–water partition coefficient (Wildman–Crippen LogP) is 2.18. The number of amides is 1. The van der Waals surface area contributed by atoms with Crippen molar-refractivity contribution in [2.45, 2.75) is 13.3 Å². The van der Waals surface area contributed by atoms with E-state index in [4.69, 9.17) is 11.6 Å². The Bertz CT molecular complexity index is 359. The predicted molar refractivity (Wildman–Crippen MR) is 55.2 cm³/mol. The average Bonchev–Trinajstić information content (AvgIpc) is 2.47. The van der Waals surface area contributed by atoms with Crippen LogP contribution in [-0.2, 0) is 4.79 Å². The van der Waals surface area contributed by atoms with Gasteiger partial charge in [0.05, 0.1) is 5.04 Å². The van der Waals surface area contributed by atoms with E-state index in [0.717, 1.165) is 11.5 Å². The molecule has 1 atom stereocenters. The molecule has 2 rings (SSSR count). The molecule has 13 heavy (non-hydrogen) atoms. The number of thioether (sulfide) groups is 1. The van der Waals surface area contributed by atoms with Crippen LogP contribution in [-0.4, -0.2) is 16.2 Å². The van der Waals surface area contributed by atoms with Crippen molar-refractivity contribution in [3.05, 3.63) is 11.0 Å². The molecule has 3 nitrogen and oxygen atoms in total. The van der Waals surface area contributed by atoms with E-state index in [1.807, 2.05) is 13.0 Å². The van der Waals surface area contributed by atoms with Gasteiger partial charge in [0.2, 0.25) is 5.29 Å². The number of rotatable bonds is 1. The van der Waals surface area contributed by atoms with Crippen LogP contribution in [0.5, 0.6) is 0 Å². The van der Waals surface area contributed by atoms with Gasteiger partial charge in [-0.3, -0.25) is 4.79 Å². The zero-order valence-corrected chi connectivity index (χ0v) is 8.52. The van der Waals surface area contributed by atoms with Crippen LogP contribution in [0.15, 0.2) is 21.0 Å². The average molecular weight is 215 g/mol. The molecular weight excluding hydrogens is 208 g/mol. The molecule has 0 saturated carbocycles. The number of nitrogens with zero attached hydrogens (tertiary/aromatic N) is 2. The second-order valence-electron chi connectivity index (χ2n) is 2.74. The highest BCUT2D eigenvalue weighted by molar-refractivity contribution is 8.17. The standard InChI is InChI=1S/C8H7ClN2OS/c1-2-4-3-5-6(12)10-8(9)11-7(5)13-4/h3,5H,2H2,1H3. The van der Waals surface area contributed by atoms with Crippen LogP contribution >= 0.6 is 23.4 Å². The van der Waals surface area contributed by atoms with Crippen molar-refractivity contribution in [1.82, 2.24) is 0 Å². The van der Waals surface area contributed by atoms with E-state index < -0.39 is 0 Å². The third-order valence-electron chi connectivity index (χ3n) is 1.87. The maximum Gasteiger partial charge on any atom is 0.262 e. The van der Waals surface area contributed by atoms with E-state index in [2.05, 4.69) is 9.98 Å². The zero-order valence-electron chi connectivity index (χ0n) is 6.95. The highest BCUT2D eigenvalue weighted by Gasteiger charge is 2.32. The molecule has 0 aromatic rings. The summed E-state index contributed by atoms with van der Waals surface area (Å²) in [6, 6.07) is 0. The zero-order chi connectivity index (χ0) is 9.42. The lowest BCUT2D eigenvalue weighted by Gasteiger charge is -2.08. The first kappa shape index (κ1) is 8.97. The van der Waals surface area contributed by atoms with Gasteiger partial charge in [-0.25, -0.2) is 4.99 Å². The van der Waals surface area contributed by atoms with Crippen molar-refractivity contribution in [1.29, 1.82) is 0 Å². The molecule has 0 aliphatic carbocycles. The fourth-order valence-corrected chi connectivity index (χ4v) is 2.49. The smallest absolute Gasteiger partial charge is 0.262 e. The van der Waals surface area contributed by atoms with Gasteiger partial charge >= 0.3 is 0 Å². The van der Waals surface area contributed by atoms with E-state index in [1.54, 1.807) is 0 Å². The van der Waals surface area contributed by atoms with Gasteiger partial charge in [-0.15, -0.1) is 0 Å². The first-order chi connectivity index (χ1) is 6.20. The first-order valence-corrected chi connectivity index (χ1v) is 5.15. The minimum Gasteiger partial charge on any atom is -0.271 e. The fourth-order valence-electron chi connectivity index (χ4n) is 1.22. The van der Waals surface area contributed by atoms with Gasteiger partial charge in [0.25, 0.3) is 5.91 Å². The molecule has 2 aliphatic rings. The summed E-state index contributed by atoms with van der Waals surface area (Å²) >= 11 is 7.10. The molecule has 2 heterocycles. The molecule has 5 heteroatoms. The Morgan fingerprint density at radius 2 is 2.38 bits per heavy atom. The molecule has 1 unspecified atom stereocenters. The minimum atomic E-state index is -0.262. The number of carbonyl (C=O) groups excluding carboxylic acids is 1. The van der Waals surface area contributed by atoms with Crippen LogP contribution in [0.1, 0.15) is 13.3 Å². The topological polar surface area (TPSA) is 41.8 Å². The SMILES string of the molecule is CCC1=CC2C(=O)N=C(Cl)N=C2S1. The molecule has 0 radical (unpaired) electrons. The fraction of sp³-hybridized carbons (Fsp3) is 0.375. The molecule has 0 spiro atoms. The number of allylic oxidation sites excluding steroid dienone is 1. The summed E-state index contributed by atoms with van der Waals surface area (Å²) in [5, 5.41) is 0.816. The largest absolute Gasteiger partial charge is 0.271 e. The van der Waals surface area contributed by atoms with Gasteiger partial charge in [-0.05, 0) is 22.9 Å². The van der Waals surface area contributed by atoms with Gasteiger partial charge in [-0.1, -0.05) is 24.8 Å². The molecular formula is C8H7ClN2OS. The van der Waals surface area contributed by atoms with Crippen LogP contribution in [0.25, 0.3) is 0 Å². The summed E-state index contributed by atoms with van der Waals surface area (Å²) in [6.07, 6.45) is 2.84. The van der Waals surface area contributed by atoms with Gasteiger partial charge in [0.1, 0.15) is 5.92 Å². The van der Waals surface area contributed by atoms with Crippen LogP contribution in [0.3, 0.4) is 0 Å². The molecule has 0 aromatic carbocycles. The Balaban J connectivity index is 2.32. The van der Waals surface area contributed by atoms with E-state index in [9.17, 15) is 4.79 Å². The normalized spacial score (nSPS) is 26.5. The Morgan fingerprint density at radius 3 is 3.08 bits per heavy atom. The van der Waals surface area contributed by atoms with Crippen LogP contribution < -0.4 is 0 Å². The number of aliphatic imine (C=N–C) groups is 2. The Kier molecular flexibility index (Phi) is 2.26. The molecule has 0 aromatic heterocycles. The van der Waals surface area contributed by atoms with E-state index in [0.29, 0.717) is 0 Å². The highest BCUT2D eigenvalue weighted by atomic mass is 35.5. The third-order valence-corrected chi connectivity index (χ3v) is 3.28. The summed E-state index contributed by atoms with van der Waals surface area (Å²) < 4.78 is 0. The van der Waals surface area contributed by atoms with Crippen LogP contribution in [0, 0.1) is 5.92 Å². The van der Waals surface area contributed by atoms with Gasteiger partial charge in [0, 0.05) is 0 Å². The van der Waals surface area contributed by atoms with Crippen LogP contribution in [0.2, 0.25) is 0 Å². The monoisotopic (exact) mass is 214 g/mol. The third kappa shape index (κ3) is 1.56. The number of hydrogen-bond donors (Lipinski definition) is 0. The Labute approximate surface area is 85.0 Å². The summed E-state index contributed by atoms with van der Waals surface area (Å²) in [5.41, 5.74) is 0. The Hall–Kier alpha value is -0.610. The van der Waals surface area contributed by atoms with Crippen LogP contribution in [0.4, 0.5) is 0 Å². The lowest BCUT2D eigenvalue weighted by molar-refractivity contribution is -0.118. The van der Waals surface area contributed by atoms with E-state index in [1.165, 1.54) is 16.7 Å². The maximum atomic E-state index is 11.3. The molecule has 0 bridgehead atoms. The van der Waals surface area contributed by atoms with E-state index in [-0.39, 0.29) is 17.1 Å². The molecule has 1 amide bonds. The number of halogens is 1. The number of carbonyl (C=O) groups is 1. The maximum absolute atomic E-state index is 11.3. The van der Waals surface area contributed by atoms with E-state index >= 15 is 0 Å². The van der Waals surface area contributed by atoms with Crippen molar-refractivity contribution >= 4 is 39.6 Å². The second-order valence-corrected chi connectivity index (χ2v) is 4.22. The first-order valence-electron chi connectivity index (χ1n) is 3.96. The molecule has 0 saturated heterocycles. The summed E-state index contributed by atoms with van der Waals surface area (Å²) in [6.45, 7) is 2.05. The van der Waals surface area contributed by atoms with Crippen molar-refractivity contribution in [2.75, 3.05) is 0 Å². The lowest BCUT2D eigenvalue weighted by Crippen LogP contribution is -2.20. The number of fused-ring (bicyclic) bond motifs is 1. The lowest BCUT2D eigenvalue weighted by atomic mass is 10.1. The molecule has 0 fully saturated rings. The van der Waals surface area contributed by atoms with Crippen molar-refractivity contribution in [2.24, 2.45) is 15.9 Å². The Morgan fingerprint density at radius 1 is 1.62 bits per heavy atom. The summed E-state index contributed by atoms with van der Waals surface area (Å²) in [7, 11) is 0. The van der Waals surface area contributed by atoms with Gasteiger partial charge < -0.3 is 0 Å². The van der Waals surface area contributed by atoms with Gasteiger partial charge in [-0.2, -0.15) is 4.99 Å². The highest BCUT2D eigenvalue weighted by Crippen LogP contribution is 2.36. The second kappa shape index (κ2) is 3.27. The minimum absolute atomic E-state index is 0.0505.